The summed E-state index contributed by atoms with van der Waals surface area (Å²) in [4.78, 5) is 24.6. The van der Waals surface area contributed by atoms with Gasteiger partial charge in [0, 0.05) is 31.5 Å². The van der Waals surface area contributed by atoms with Gasteiger partial charge in [0.05, 0.1) is 5.69 Å². The quantitative estimate of drug-likeness (QED) is 0.675. The van der Waals surface area contributed by atoms with E-state index in [1.54, 1.807) is 49.2 Å². The summed E-state index contributed by atoms with van der Waals surface area (Å²) >= 11 is 0. The predicted molar refractivity (Wildman–Crippen MR) is 76.0 cm³/mol. The van der Waals surface area contributed by atoms with Crippen molar-refractivity contribution in [3.05, 3.63) is 41.7 Å². The van der Waals surface area contributed by atoms with Crippen LogP contribution in [-0.4, -0.2) is 40.5 Å². The molecule has 1 amide bonds. The maximum Gasteiger partial charge on any atom is 0.273 e. The van der Waals surface area contributed by atoms with Gasteiger partial charge in [0.25, 0.3) is 5.91 Å². The van der Waals surface area contributed by atoms with Gasteiger partial charge in [-0.15, -0.1) is 0 Å². The summed E-state index contributed by atoms with van der Waals surface area (Å²) in [5.41, 5.74) is 7.76. The SMILES string of the molecule is CC(=O)c1ccc(-n2ccc(C(=O)N(C)C)n2)cc1N. The fraction of sp³-hybridized carbons (Fsp3) is 0.214. The molecule has 0 bridgehead atoms. The molecule has 0 radical (unpaired) electrons. The molecule has 0 spiro atoms. The number of Topliss-reactive ketones (excluding diaryl/α,β-unsaturated/α-hetero) is 1. The smallest absolute Gasteiger partial charge is 0.273 e. The minimum atomic E-state index is -0.169. The van der Waals surface area contributed by atoms with Crippen LogP contribution in [0, 0.1) is 0 Å². The van der Waals surface area contributed by atoms with E-state index in [1.807, 2.05) is 0 Å². The molecule has 2 aromatic rings. The molecule has 0 saturated carbocycles. The van der Waals surface area contributed by atoms with Crippen LogP contribution in [0.1, 0.15) is 27.8 Å². The Bertz CT molecular complexity index is 674. The lowest BCUT2D eigenvalue weighted by molar-refractivity contribution is 0.0821. The third-order valence-electron chi connectivity index (χ3n) is 2.89. The Hall–Kier alpha value is -2.63. The molecule has 6 heteroatoms. The van der Waals surface area contributed by atoms with Gasteiger partial charge in [0.2, 0.25) is 0 Å². The van der Waals surface area contributed by atoms with Gasteiger partial charge in [-0.3, -0.25) is 9.59 Å². The van der Waals surface area contributed by atoms with Crippen molar-refractivity contribution < 1.29 is 9.59 Å². The van der Waals surface area contributed by atoms with Crippen LogP contribution in [0.15, 0.2) is 30.5 Å². The average molecular weight is 272 g/mol. The molecule has 0 aliphatic carbocycles. The van der Waals surface area contributed by atoms with Crippen molar-refractivity contribution in [1.82, 2.24) is 14.7 Å². The van der Waals surface area contributed by atoms with Crippen LogP contribution < -0.4 is 5.73 Å². The lowest BCUT2D eigenvalue weighted by Gasteiger charge is -2.08. The summed E-state index contributed by atoms with van der Waals surface area (Å²) in [7, 11) is 3.34. The van der Waals surface area contributed by atoms with Crippen LogP contribution in [0.2, 0.25) is 0 Å². The second kappa shape index (κ2) is 5.16. The lowest BCUT2D eigenvalue weighted by Crippen LogP contribution is -2.22. The molecule has 104 valence electrons. The van der Waals surface area contributed by atoms with Gasteiger partial charge in [0.15, 0.2) is 11.5 Å². The van der Waals surface area contributed by atoms with Crippen molar-refractivity contribution in [2.45, 2.75) is 6.92 Å². The molecular formula is C14H16N4O2. The molecule has 2 rings (SSSR count). The minimum Gasteiger partial charge on any atom is -0.398 e. The first kappa shape index (κ1) is 13.8. The molecule has 1 aromatic heterocycles. The van der Waals surface area contributed by atoms with Crippen LogP contribution in [0.4, 0.5) is 5.69 Å². The zero-order valence-corrected chi connectivity index (χ0v) is 11.6. The van der Waals surface area contributed by atoms with E-state index in [1.165, 1.54) is 11.8 Å². The lowest BCUT2D eigenvalue weighted by atomic mass is 10.1. The highest BCUT2D eigenvalue weighted by Crippen LogP contribution is 2.18. The van der Waals surface area contributed by atoms with Crippen molar-refractivity contribution in [3.63, 3.8) is 0 Å². The highest BCUT2D eigenvalue weighted by atomic mass is 16.2. The Labute approximate surface area is 116 Å². The number of anilines is 1. The Morgan fingerprint density at radius 3 is 2.50 bits per heavy atom. The van der Waals surface area contributed by atoms with E-state index in [0.29, 0.717) is 22.6 Å². The fourth-order valence-electron chi connectivity index (χ4n) is 1.82. The number of nitrogens with two attached hydrogens (primary N) is 1. The monoisotopic (exact) mass is 272 g/mol. The number of nitrogens with zero attached hydrogens (tertiary/aromatic N) is 3. The standard InChI is InChI=1S/C14H16N4O2/c1-9(19)11-5-4-10(8-12(11)15)18-7-6-13(16-18)14(20)17(2)3/h4-8H,15H2,1-3H3. The summed E-state index contributed by atoms with van der Waals surface area (Å²) in [6.07, 6.45) is 1.68. The van der Waals surface area contributed by atoms with E-state index in [-0.39, 0.29) is 11.7 Å². The highest BCUT2D eigenvalue weighted by Gasteiger charge is 2.12. The van der Waals surface area contributed by atoms with Crippen molar-refractivity contribution in [1.29, 1.82) is 0 Å². The Kier molecular flexibility index (Phi) is 3.56. The first-order valence-corrected chi connectivity index (χ1v) is 6.08. The van der Waals surface area contributed by atoms with Crippen LogP contribution in [-0.2, 0) is 0 Å². The first-order valence-electron chi connectivity index (χ1n) is 6.08. The predicted octanol–water partition coefficient (Wildman–Crippen LogP) is 1.36. The number of ketones is 1. The molecule has 1 heterocycles. The van der Waals surface area contributed by atoms with Crippen molar-refractivity contribution >= 4 is 17.4 Å². The molecule has 0 fully saturated rings. The van der Waals surface area contributed by atoms with E-state index in [2.05, 4.69) is 5.10 Å². The molecule has 0 aliphatic rings. The van der Waals surface area contributed by atoms with E-state index < -0.39 is 0 Å². The minimum absolute atomic E-state index is 0.0852. The number of carbonyl (C=O) groups excluding carboxylic acids is 2. The summed E-state index contributed by atoms with van der Waals surface area (Å²) in [5, 5.41) is 4.20. The molecule has 2 N–H and O–H groups in total. The second-order valence-corrected chi connectivity index (χ2v) is 4.67. The zero-order valence-electron chi connectivity index (χ0n) is 11.6. The molecule has 20 heavy (non-hydrogen) atoms. The third kappa shape index (κ3) is 2.54. The van der Waals surface area contributed by atoms with E-state index >= 15 is 0 Å². The first-order chi connectivity index (χ1) is 9.40. The van der Waals surface area contributed by atoms with E-state index in [0.717, 1.165) is 0 Å². The second-order valence-electron chi connectivity index (χ2n) is 4.67. The molecule has 0 unspecified atom stereocenters. The fourth-order valence-corrected chi connectivity index (χ4v) is 1.82. The number of aromatic nitrogens is 2. The van der Waals surface area contributed by atoms with Crippen LogP contribution >= 0.6 is 0 Å². The van der Waals surface area contributed by atoms with Gasteiger partial charge in [-0.1, -0.05) is 0 Å². The van der Waals surface area contributed by atoms with Crippen molar-refractivity contribution in [2.75, 3.05) is 19.8 Å². The number of hydrogen-bond donors (Lipinski definition) is 1. The number of carbonyl (C=O) groups is 2. The normalized spacial score (nSPS) is 10.3. The Morgan fingerprint density at radius 2 is 1.95 bits per heavy atom. The number of benzene rings is 1. The van der Waals surface area contributed by atoms with Crippen LogP contribution in [0.25, 0.3) is 5.69 Å². The maximum absolute atomic E-state index is 11.8. The van der Waals surface area contributed by atoms with Gasteiger partial charge < -0.3 is 10.6 Å². The Morgan fingerprint density at radius 1 is 1.25 bits per heavy atom. The van der Waals surface area contributed by atoms with E-state index in [9.17, 15) is 9.59 Å². The number of nitrogen functional groups attached to an aromatic ring is 1. The average Bonchev–Trinajstić information content (AvgIpc) is 2.86. The number of hydrogen-bond acceptors (Lipinski definition) is 4. The topological polar surface area (TPSA) is 81.2 Å². The maximum atomic E-state index is 11.8. The van der Waals surface area contributed by atoms with Crippen LogP contribution in [0.5, 0.6) is 0 Å². The van der Waals surface area contributed by atoms with Crippen LogP contribution in [0.3, 0.4) is 0 Å². The van der Waals surface area contributed by atoms with Gasteiger partial charge in [-0.05, 0) is 31.2 Å². The largest absolute Gasteiger partial charge is 0.398 e. The zero-order chi connectivity index (χ0) is 14.9. The highest BCUT2D eigenvalue weighted by molar-refractivity contribution is 5.99. The molecular weight excluding hydrogens is 256 g/mol. The van der Waals surface area contributed by atoms with Gasteiger partial charge in [-0.2, -0.15) is 5.10 Å². The molecule has 0 aliphatic heterocycles. The summed E-state index contributed by atoms with van der Waals surface area (Å²) in [5.74, 6) is -0.255. The van der Waals surface area contributed by atoms with E-state index in [4.69, 9.17) is 5.73 Å². The number of amides is 1. The van der Waals surface area contributed by atoms with Gasteiger partial charge in [-0.25, -0.2) is 4.68 Å². The molecule has 0 saturated heterocycles. The summed E-state index contributed by atoms with van der Waals surface area (Å²) in [6.45, 7) is 1.47. The number of rotatable bonds is 3. The van der Waals surface area contributed by atoms with Gasteiger partial charge in [0.1, 0.15) is 0 Å². The summed E-state index contributed by atoms with van der Waals surface area (Å²) < 4.78 is 1.55. The Balaban J connectivity index is 2.36. The molecule has 6 nitrogen and oxygen atoms in total. The molecule has 1 aromatic carbocycles. The summed E-state index contributed by atoms with van der Waals surface area (Å²) in [6, 6.07) is 6.69. The van der Waals surface area contributed by atoms with Gasteiger partial charge >= 0.3 is 0 Å². The molecule has 0 atom stereocenters. The van der Waals surface area contributed by atoms with Crippen molar-refractivity contribution in [3.8, 4) is 5.69 Å². The van der Waals surface area contributed by atoms with Crippen molar-refractivity contribution in [2.24, 2.45) is 0 Å². The third-order valence-corrected chi connectivity index (χ3v) is 2.89.